The Hall–Kier alpha value is -2.39. The smallest absolute Gasteiger partial charge is 0.261 e. The average Bonchev–Trinajstić information content (AvgIpc) is 3.35. The molecule has 3 aromatic heterocycles. The summed E-state index contributed by atoms with van der Waals surface area (Å²) in [5.41, 5.74) is 0. The van der Waals surface area contributed by atoms with Crippen LogP contribution in [0, 0.1) is 0 Å². The third-order valence-corrected chi connectivity index (χ3v) is 6.01. The van der Waals surface area contributed by atoms with Gasteiger partial charge in [0.25, 0.3) is 5.91 Å². The van der Waals surface area contributed by atoms with Gasteiger partial charge in [-0.2, -0.15) is 0 Å². The average molecular weight is 393 g/mol. The predicted octanol–water partition coefficient (Wildman–Crippen LogP) is 2.84. The van der Waals surface area contributed by atoms with Crippen molar-refractivity contribution in [3.05, 3.63) is 35.1 Å². The molecule has 0 aliphatic rings. The lowest BCUT2D eigenvalue weighted by Crippen LogP contribution is -2.36. The lowest BCUT2D eigenvalue weighted by atomic mass is 10.4. The number of aromatic nitrogens is 1. The van der Waals surface area contributed by atoms with Gasteiger partial charge in [0.2, 0.25) is 5.91 Å². The molecule has 138 valence electrons. The van der Waals surface area contributed by atoms with Gasteiger partial charge in [0.05, 0.1) is 28.9 Å². The third kappa shape index (κ3) is 4.23. The summed E-state index contributed by atoms with van der Waals surface area (Å²) < 4.78 is 6.13. The number of carbonyl (C=O) groups excluding carboxylic acids is 2. The Morgan fingerprint density at radius 1 is 1.23 bits per heavy atom. The van der Waals surface area contributed by atoms with E-state index in [0.717, 1.165) is 27.8 Å². The topological polar surface area (TPSA) is 87.5 Å². The van der Waals surface area contributed by atoms with E-state index in [-0.39, 0.29) is 18.4 Å². The highest BCUT2D eigenvalue weighted by Gasteiger charge is 2.16. The van der Waals surface area contributed by atoms with Crippen molar-refractivity contribution in [2.75, 3.05) is 24.5 Å². The first-order chi connectivity index (χ1) is 12.6. The summed E-state index contributed by atoms with van der Waals surface area (Å²) in [6, 6.07) is 5.36. The Kier molecular flexibility index (Phi) is 5.89. The Balaban J connectivity index is 1.54. The number of thiazole rings is 1. The molecule has 0 unspecified atom stereocenters. The van der Waals surface area contributed by atoms with E-state index in [1.54, 1.807) is 29.7 Å². The summed E-state index contributed by atoms with van der Waals surface area (Å²) >= 11 is 2.92. The normalized spacial score (nSPS) is 10.8. The number of anilines is 1. The summed E-state index contributed by atoms with van der Waals surface area (Å²) in [5, 5.41) is 6.29. The van der Waals surface area contributed by atoms with Crippen LogP contribution in [0.2, 0.25) is 0 Å². The number of hydrogen-bond acceptors (Lipinski definition) is 7. The molecule has 0 aromatic carbocycles. The molecule has 3 heterocycles. The van der Waals surface area contributed by atoms with Gasteiger partial charge in [-0.25, -0.2) is 4.98 Å². The molecule has 0 aliphatic carbocycles. The molecule has 0 atom stereocenters. The molecule has 0 spiro atoms. The van der Waals surface area contributed by atoms with Crippen LogP contribution in [-0.4, -0.2) is 36.4 Å². The zero-order chi connectivity index (χ0) is 18.5. The summed E-state index contributed by atoms with van der Waals surface area (Å²) in [4.78, 5) is 32.2. The van der Waals surface area contributed by atoms with E-state index in [4.69, 9.17) is 4.42 Å². The van der Waals surface area contributed by atoms with E-state index < -0.39 is 0 Å². The van der Waals surface area contributed by atoms with Gasteiger partial charge in [0.15, 0.2) is 5.13 Å². The summed E-state index contributed by atoms with van der Waals surface area (Å²) in [7, 11) is 0. The van der Waals surface area contributed by atoms with Crippen LogP contribution in [0.3, 0.4) is 0 Å². The lowest BCUT2D eigenvalue weighted by molar-refractivity contribution is -0.120. The van der Waals surface area contributed by atoms with Crippen LogP contribution in [0.25, 0.3) is 9.53 Å². The van der Waals surface area contributed by atoms with Crippen LogP contribution in [0.15, 0.2) is 28.9 Å². The van der Waals surface area contributed by atoms with Crippen molar-refractivity contribution in [3.63, 3.8) is 0 Å². The Bertz CT molecular complexity index is 850. The highest BCUT2D eigenvalue weighted by atomic mass is 32.1. The third-order valence-electron chi connectivity index (χ3n) is 3.79. The minimum absolute atomic E-state index is 0.0801. The first-order valence-electron chi connectivity index (χ1n) is 8.33. The molecule has 0 aliphatic heterocycles. The summed E-state index contributed by atoms with van der Waals surface area (Å²) in [6.07, 6.45) is 1.55. The predicted molar refractivity (Wildman–Crippen MR) is 104 cm³/mol. The molecular formula is C17H20N4O3S2. The minimum Gasteiger partial charge on any atom is -0.467 e. The van der Waals surface area contributed by atoms with E-state index in [1.807, 2.05) is 6.07 Å². The van der Waals surface area contributed by atoms with Crippen molar-refractivity contribution in [2.24, 2.45) is 0 Å². The van der Waals surface area contributed by atoms with Gasteiger partial charge in [-0.3, -0.25) is 9.59 Å². The van der Waals surface area contributed by atoms with Gasteiger partial charge in [-0.05, 0) is 32.0 Å². The summed E-state index contributed by atoms with van der Waals surface area (Å²) in [6.45, 7) is 6.21. The molecule has 2 N–H and O–H groups in total. The second kappa shape index (κ2) is 8.33. The van der Waals surface area contributed by atoms with Crippen molar-refractivity contribution < 1.29 is 14.0 Å². The zero-order valence-electron chi connectivity index (χ0n) is 14.6. The molecule has 0 saturated heterocycles. The minimum atomic E-state index is -0.268. The molecule has 0 saturated carbocycles. The number of carbonyl (C=O) groups is 2. The first-order valence-corrected chi connectivity index (χ1v) is 9.96. The lowest BCUT2D eigenvalue weighted by Gasteiger charge is -2.16. The van der Waals surface area contributed by atoms with Gasteiger partial charge < -0.3 is 20.0 Å². The fourth-order valence-corrected chi connectivity index (χ4v) is 4.63. The molecule has 3 rings (SSSR count). The van der Waals surface area contributed by atoms with Crippen LogP contribution in [0.1, 0.15) is 29.3 Å². The molecule has 26 heavy (non-hydrogen) atoms. The maximum Gasteiger partial charge on any atom is 0.261 e. The van der Waals surface area contributed by atoms with Crippen molar-refractivity contribution >= 4 is 49.1 Å². The van der Waals surface area contributed by atoms with Crippen LogP contribution in [0.4, 0.5) is 5.13 Å². The molecule has 2 amide bonds. The largest absolute Gasteiger partial charge is 0.467 e. The maximum atomic E-state index is 12.2. The monoisotopic (exact) mass is 392 g/mol. The number of rotatable bonds is 8. The van der Waals surface area contributed by atoms with Crippen LogP contribution in [-0.2, 0) is 11.3 Å². The highest BCUT2D eigenvalue weighted by molar-refractivity contribution is 7.29. The van der Waals surface area contributed by atoms with E-state index in [1.165, 1.54) is 11.3 Å². The second-order valence-corrected chi connectivity index (χ2v) is 7.53. The Morgan fingerprint density at radius 2 is 2.04 bits per heavy atom. The van der Waals surface area contributed by atoms with Gasteiger partial charge in [-0.15, -0.1) is 11.3 Å². The maximum absolute atomic E-state index is 12.2. The number of fused-ring (bicyclic) bond motifs is 1. The molecule has 9 heteroatoms. The zero-order valence-corrected chi connectivity index (χ0v) is 16.2. The van der Waals surface area contributed by atoms with Crippen LogP contribution < -0.4 is 15.5 Å². The summed E-state index contributed by atoms with van der Waals surface area (Å²) in [5.74, 6) is 0.131. The van der Waals surface area contributed by atoms with Crippen molar-refractivity contribution in [1.82, 2.24) is 15.6 Å². The van der Waals surface area contributed by atoms with Gasteiger partial charge in [0.1, 0.15) is 10.6 Å². The van der Waals surface area contributed by atoms with E-state index in [2.05, 4.69) is 34.4 Å². The number of amides is 2. The standard InChI is InChI=1S/C17H20N4O3S2/c1-3-21(4-2)17-20-16-13(26-17)8-12(25-16)15(23)19-10-14(22)18-9-11-6-5-7-24-11/h5-8H,3-4,9-10H2,1-2H3,(H,18,22)(H,19,23). The van der Waals surface area contributed by atoms with Crippen molar-refractivity contribution in [3.8, 4) is 0 Å². The first kappa shape index (κ1) is 18.4. The Labute approximate surface area is 159 Å². The number of nitrogens with zero attached hydrogens (tertiary/aromatic N) is 2. The number of hydrogen-bond donors (Lipinski definition) is 2. The number of furan rings is 1. The van der Waals surface area contributed by atoms with Crippen molar-refractivity contribution in [1.29, 1.82) is 0 Å². The fraction of sp³-hybridized carbons (Fsp3) is 0.353. The number of nitrogens with one attached hydrogen (secondary N) is 2. The molecule has 7 nitrogen and oxygen atoms in total. The van der Waals surface area contributed by atoms with E-state index in [0.29, 0.717) is 17.2 Å². The SMILES string of the molecule is CCN(CC)c1nc2sc(C(=O)NCC(=O)NCc3ccco3)cc2s1. The van der Waals surface area contributed by atoms with E-state index >= 15 is 0 Å². The van der Waals surface area contributed by atoms with Gasteiger partial charge >= 0.3 is 0 Å². The van der Waals surface area contributed by atoms with Gasteiger partial charge in [-0.1, -0.05) is 11.3 Å². The van der Waals surface area contributed by atoms with Gasteiger partial charge in [0, 0.05) is 13.1 Å². The Morgan fingerprint density at radius 3 is 2.69 bits per heavy atom. The highest BCUT2D eigenvalue weighted by Crippen LogP contribution is 2.34. The molecular weight excluding hydrogens is 372 g/mol. The molecule has 0 bridgehead atoms. The molecule has 3 aromatic rings. The second-order valence-electron chi connectivity index (χ2n) is 5.49. The molecule has 0 fully saturated rings. The van der Waals surface area contributed by atoms with E-state index in [9.17, 15) is 9.59 Å². The van der Waals surface area contributed by atoms with Crippen LogP contribution in [0.5, 0.6) is 0 Å². The van der Waals surface area contributed by atoms with Crippen molar-refractivity contribution in [2.45, 2.75) is 20.4 Å². The quantitative estimate of drug-likeness (QED) is 0.615. The van der Waals surface area contributed by atoms with Crippen LogP contribution >= 0.6 is 22.7 Å². The number of thiophene rings is 1. The molecule has 0 radical (unpaired) electrons. The fourth-order valence-electron chi connectivity index (χ4n) is 2.37.